The Kier molecular flexibility index (Phi) is 6.71. The third-order valence-corrected chi connectivity index (χ3v) is 9.61. The highest BCUT2D eigenvalue weighted by molar-refractivity contribution is 6.08. The van der Waals surface area contributed by atoms with Gasteiger partial charge in [-0.05, 0) is 47.9 Å². The van der Waals surface area contributed by atoms with E-state index < -0.39 is 29.1 Å². The maximum Gasteiger partial charge on any atom is 0.253 e. The monoisotopic (exact) mass is 577 g/mol. The first kappa shape index (κ1) is 27.6. The first-order valence-corrected chi connectivity index (χ1v) is 15.1. The van der Waals surface area contributed by atoms with Crippen molar-refractivity contribution in [1.82, 2.24) is 4.90 Å². The van der Waals surface area contributed by atoms with Crippen molar-refractivity contribution >= 4 is 39.9 Å². The van der Waals surface area contributed by atoms with E-state index in [2.05, 4.69) is 0 Å². The average molecular weight is 578 g/mol. The zero-order valence-electron chi connectivity index (χ0n) is 24.1. The van der Waals surface area contributed by atoms with E-state index in [1.165, 1.54) is 0 Å². The van der Waals surface area contributed by atoms with Crippen LogP contribution in [0.5, 0.6) is 0 Å². The number of carbonyl (C=O) groups is 3. The highest BCUT2D eigenvalue weighted by atomic mass is 16.5. The van der Waals surface area contributed by atoms with Crippen molar-refractivity contribution in [1.29, 1.82) is 0 Å². The lowest BCUT2D eigenvalue weighted by molar-refractivity contribution is -0.145. The minimum atomic E-state index is -1.34. The number of para-hydroxylation sites is 1. The Bertz CT molecular complexity index is 1650. The van der Waals surface area contributed by atoms with Gasteiger partial charge < -0.3 is 24.5 Å². The van der Waals surface area contributed by atoms with E-state index in [1.54, 1.807) is 14.7 Å². The minimum Gasteiger partial charge on any atom is -0.396 e. The van der Waals surface area contributed by atoms with Gasteiger partial charge in [0.05, 0.1) is 17.4 Å². The van der Waals surface area contributed by atoms with Crippen LogP contribution in [0.3, 0.4) is 0 Å². The minimum absolute atomic E-state index is 0.126. The average Bonchev–Trinajstić information content (AvgIpc) is 3.32. The number of rotatable bonds is 6. The van der Waals surface area contributed by atoms with Gasteiger partial charge in [-0.1, -0.05) is 79.8 Å². The molecule has 3 aromatic rings. The van der Waals surface area contributed by atoms with Gasteiger partial charge in [0.1, 0.15) is 11.6 Å². The molecule has 220 valence electrons. The number of carbonyl (C=O) groups excluding carboxylic acids is 3. The number of fused-ring (bicyclic) bond motifs is 3. The molecule has 8 nitrogen and oxygen atoms in total. The smallest absolute Gasteiger partial charge is 0.253 e. The largest absolute Gasteiger partial charge is 0.396 e. The molecule has 0 saturated carbocycles. The van der Waals surface area contributed by atoms with Crippen LogP contribution < -0.4 is 9.80 Å². The number of likely N-dealkylation sites (tertiary alicyclic amines) is 1. The Hall–Kier alpha value is -4.27. The van der Waals surface area contributed by atoms with Gasteiger partial charge in [-0.25, -0.2) is 0 Å². The van der Waals surface area contributed by atoms with Gasteiger partial charge in [-0.15, -0.1) is 0 Å². The molecule has 3 aromatic carbocycles. The molecule has 0 aromatic heterocycles. The number of aliphatic hydroxyl groups excluding tert-OH is 1. The van der Waals surface area contributed by atoms with E-state index >= 15 is 0 Å². The molecule has 4 heterocycles. The molecule has 2 saturated heterocycles. The van der Waals surface area contributed by atoms with Crippen LogP contribution in [-0.4, -0.2) is 71.2 Å². The molecule has 1 unspecified atom stereocenters. The number of benzene rings is 3. The lowest BCUT2D eigenvalue weighted by atomic mass is 9.73. The molecule has 7 rings (SSSR count). The highest BCUT2D eigenvalue weighted by Crippen LogP contribution is 2.58. The van der Waals surface area contributed by atoms with Crippen LogP contribution in [0.15, 0.2) is 97.1 Å². The van der Waals surface area contributed by atoms with Gasteiger partial charge in [0.15, 0.2) is 0 Å². The standard InChI is InChI=1S/C35H35N3O5/c1-2-34-17-8-19-36(26-13-4-3-5-14-26)31(40)28(34)29-32(41)38(21-10-22-39)30-33(42)37(20-9-18-35(29,30)43-34)27-16-15-24-11-6-7-12-25(24)23-27/h3-9,11-18,23,28-30,39H,2,10,19-22H2,1H3/t28-,29-,30?,34+,35-/m0/s1. The maximum atomic E-state index is 14.7. The van der Waals surface area contributed by atoms with Gasteiger partial charge in [0.25, 0.3) is 5.91 Å². The predicted molar refractivity (Wildman–Crippen MR) is 164 cm³/mol. The van der Waals surface area contributed by atoms with E-state index in [9.17, 15) is 19.5 Å². The summed E-state index contributed by atoms with van der Waals surface area (Å²) in [4.78, 5) is 48.7. The first-order chi connectivity index (χ1) is 20.9. The fourth-order valence-electron chi connectivity index (χ4n) is 7.66. The number of aliphatic hydroxyl groups is 1. The Morgan fingerprint density at radius 2 is 1.49 bits per heavy atom. The molecule has 8 heteroatoms. The van der Waals surface area contributed by atoms with Crippen LogP contribution in [0.4, 0.5) is 11.4 Å². The highest BCUT2D eigenvalue weighted by Gasteiger charge is 2.75. The summed E-state index contributed by atoms with van der Waals surface area (Å²) >= 11 is 0. The van der Waals surface area contributed by atoms with Crippen LogP contribution in [0.25, 0.3) is 10.8 Å². The van der Waals surface area contributed by atoms with Crippen molar-refractivity contribution in [3.63, 3.8) is 0 Å². The summed E-state index contributed by atoms with van der Waals surface area (Å²) in [5.74, 6) is -2.45. The molecule has 43 heavy (non-hydrogen) atoms. The Labute approximate surface area is 250 Å². The molecule has 1 N–H and O–H groups in total. The molecule has 3 amide bonds. The molecule has 5 atom stereocenters. The Balaban J connectivity index is 1.35. The quantitative estimate of drug-likeness (QED) is 0.446. The molecule has 4 aliphatic heterocycles. The van der Waals surface area contributed by atoms with Gasteiger partial charge in [0, 0.05) is 37.6 Å². The molecule has 0 aliphatic carbocycles. The van der Waals surface area contributed by atoms with Crippen LogP contribution in [0.1, 0.15) is 19.8 Å². The first-order valence-electron chi connectivity index (χ1n) is 15.1. The molecule has 1 spiro atoms. The molecular weight excluding hydrogens is 542 g/mol. The molecule has 0 bridgehead atoms. The van der Waals surface area contributed by atoms with Crippen LogP contribution in [0.2, 0.25) is 0 Å². The van der Waals surface area contributed by atoms with Crippen LogP contribution in [-0.2, 0) is 19.1 Å². The number of hydrogen-bond acceptors (Lipinski definition) is 5. The molecule has 4 aliphatic rings. The van der Waals surface area contributed by atoms with Gasteiger partial charge in [-0.2, -0.15) is 0 Å². The molecule has 2 fully saturated rings. The topological polar surface area (TPSA) is 90.4 Å². The number of anilines is 2. The van der Waals surface area contributed by atoms with Crippen molar-refractivity contribution in [2.75, 3.05) is 36.0 Å². The van der Waals surface area contributed by atoms with E-state index in [1.807, 2.05) is 104 Å². The van der Waals surface area contributed by atoms with Crippen LogP contribution >= 0.6 is 0 Å². The molecular formula is C35H35N3O5. The maximum absolute atomic E-state index is 14.7. The fourth-order valence-corrected chi connectivity index (χ4v) is 7.66. The van der Waals surface area contributed by atoms with E-state index in [-0.39, 0.29) is 30.9 Å². The molecule has 0 radical (unpaired) electrons. The Morgan fingerprint density at radius 3 is 2.23 bits per heavy atom. The summed E-state index contributed by atoms with van der Waals surface area (Å²) in [6, 6.07) is 22.4. The lowest BCUT2D eigenvalue weighted by Gasteiger charge is -2.38. The van der Waals surface area contributed by atoms with E-state index in [0.717, 1.165) is 22.1 Å². The van der Waals surface area contributed by atoms with E-state index in [4.69, 9.17) is 4.74 Å². The third-order valence-electron chi connectivity index (χ3n) is 9.61. The second kappa shape index (κ2) is 10.5. The number of nitrogens with zero attached hydrogens (tertiary/aromatic N) is 3. The summed E-state index contributed by atoms with van der Waals surface area (Å²) in [5.41, 5.74) is -0.910. The van der Waals surface area contributed by atoms with Crippen molar-refractivity contribution < 1.29 is 24.2 Å². The van der Waals surface area contributed by atoms with Crippen LogP contribution in [0, 0.1) is 11.8 Å². The van der Waals surface area contributed by atoms with E-state index in [0.29, 0.717) is 25.9 Å². The van der Waals surface area contributed by atoms with Gasteiger partial charge in [-0.3, -0.25) is 14.4 Å². The van der Waals surface area contributed by atoms with Crippen molar-refractivity contribution in [3.8, 4) is 0 Å². The zero-order chi connectivity index (χ0) is 29.8. The predicted octanol–water partition coefficient (Wildman–Crippen LogP) is 4.09. The fraction of sp³-hybridized carbons (Fsp3) is 0.343. The summed E-state index contributed by atoms with van der Waals surface area (Å²) in [6.07, 6.45) is 8.44. The number of amides is 3. The second-order valence-electron chi connectivity index (χ2n) is 11.8. The number of ether oxygens (including phenoxy) is 1. The van der Waals surface area contributed by atoms with Gasteiger partial charge >= 0.3 is 0 Å². The Morgan fingerprint density at radius 1 is 0.791 bits per heavy atom. The summed E-state index contributed by atoms with van der Waals surface area (Å²) in [5, 5.41) is 11.8. The summed E-state index contributed by atoms with van der Waals surface area (Å²) in [6.45, 7) is 2.69. The SMILES string of the molecule is CC[C@@]12C=CCN(c3ccccc3)C(=O)[C@@H]1[C@H]1C(=O)N(CCCO)C3C(=O)N(c4ccc5ccccc5c4)CC=C[C@@]31O2. The van der Waals surface area contributed by atoms with Crippen molar-refractivity contribution in [3.05, 3.63) is 97.1 Å². The van der Waals surface area contributed by atoms with Crippen molar-refractivity contribution in [2.24, 2.45) is 11.8 Å². The number of hydrogen-bond donors (Lipinski definition) is 1. The third kappa shape index (κ3) is 4.07. The van der Waals surface area contributed by atoms with Gasteiger partial charge in [0.2, 0.25) is 11.8 Å². The second-order valence-corrected chi connectivity index (χ2v) is 11.8. The van der Waals surface area contributed by atoms with Crippen molar-refractivity contribution in [2.45, 2.75) is 37.0 Å². The zero-order valence-corrected chi connectivity index (χ0v) is 24.1. The summed E-state index contributed by atoms with van der Waals surface area (Å²) in [7, 11) is 0. The summed E-state index contributed by atoms with van der Waals surface area (Å²) < 4.78 is 7.04. The normalized spacial score (nSPS) is 30.0. The lowest BCUT2D eigenvalue weighted by Crippen LogP contribution is -2.56.